The van der Waals surface area contributed by atoms with Crippen LogP contribution in [0.5, 0.6) is 0 Å². The van der Waals surface area contributed by atoms with Gasteiger partial charge < -0.3 is 0 Å². The topological polar surface area (TPSA) is 101 Å². The van der Waals surface area contributed by atoms with Crippen molar-refractivity contribution in [3.63, 3.8) is 0 Å². The second-order valence-electron chi connectivity index (χ2n) is 4.64. The molecule has 0 heterocycles. The zero-order valence-electron chi connectivity index (χ0n) is 12.5. The minimum absolute atomic E-state index is 0.0832. The monoisotopic (exact) mass is 399 g/mol. The van der Waals surface area contributed by atoms with Crippen molar-refractivity contribution in [3.05, 3.63) is 68.2 Å². The third-order valence-electron chi connectivity index (χ3n) is 2.92. The quantitative estimate of drug-likeness (QED) is 0.455. The summed E-state index contributed by atoms with van der Waals surface area (Å²) in [5, 5.41) is 11.4. The second kappa shape index (κ2) is 8.70. The Morgan fingerprint density at radius 3 is 2.48 bits per heavy atom. The SMILES string of the molecule is O=C(CSc1ccccc1[N+](=O)[O-])NNC(=O)c1ccc(Cl)c(Cl)c1. The number of nitro benzene ring substituents is 1. The number of amides is 2. The summed E-state index contributed by atoms with van der Waals surface area (Å²) in [6.45, 7) is 0. The van der Waals surface area contributed by atoms with Crippen molar-refractivity contribution in [3.8, 4) is 0 Å². The molecule has 2 rings (SSSR count). The largest absolute Gasteiger partial charge is 0.282 e. The molecule has 0 aromatic heterocycles. The van der Waals surface area contributed by atoms with Gasteiger partial charge in [0.05, 0.1) is 25.6 Å². The first kappa shape index (κ1) is 19.0. The second-order valence-corrected chi connectivity index (χ2v) is 6.48. The maximum Gasteiger partial charge on any atom is 0.282 e. The highest BCUT2D eigenvalue weighted by Crippen LogP contribution is 2.28. The normalized spacial score (nSPS) is 10.2. The van der Waals surface area contributed by atoms with Gasteiger partial charge in [-0.1, -0.05) is 35.3 Å². The van der Waals surface area contributed by atoms with E-state index < -0.39 is 16.7 Å². The third kappa shape index (κ3) is 5.35. The summed E-state index contributed by atoms with van der Waals surface area (Å²) in [6.07, 6.45) is 0. The van der Waals surface area contributed by atoms with Gasteiger partial charge in [0.15, 0.2) is 0 Å². The van der Waals surface area contributed by atoms with E-state index in [1.807, 2.05) is 0 Å². The van der Waals surface area contributed by atoms with E-state index >= 15 is 0 Å². The van der Waals surface area contributed by atoms with Crippen molar-refractivity contribution in [1.29, 1.82) is 0 Å². The highest BCUT2D eigenvalue weighted by molar-refractivity contribution is 8.00. The van der Waals surface area contributed by atoms with Gasteiger partial charge >= 0.3 is 0 Å². The molecular formula is C15H11Cl2N3O4S. The Bertz CT molecular complexity index is 832. The molecule has 0 aliphatic carbocycles. The molecule has 10 heteroatoms. The van der Waals surface area contributed by atoms with Crippen molar-refractivity contribution in [2.45, 2.75) is 4.90 Å². The number of hydrazine groups is 1. The summed E-state index contributed by atoms with van der Waals surface area (Å²) in [5.74, 6) is -1.19. The zero-order valence-corrected chi connectivity index (χ0v) is 14.8. The van der Waals surface area contributed by atoms with Crippen molar-refractivity contribution in [1.82, 2.24) is 10.9 Å². The predicted octanol–water partition coefficient (Wildman–Crippen LogP) is 3.45. The molecule has 0 unspecified atom stereocenters. The molecule has 130 valence electrons. The van der Waals surface area contributed by atoms with Gasteiger partial charge in [0.25, 0.3) is 11.6 Å². The lowest BCUT2D eigenvalue weighted by atomic mass is 10.2. The Balaban J connectivity index is 1.88. The standard InChI is InChI=1S/C15H11Cl2N3O4S/c16-10-6-5-9(7-11(10)17)15(22)19-18-14(21)8-25-13-4-2-1-3-12(13)20(23)24/h1-7H,8H2,(H,18,21)(H,19,22). The Labute approximate surface area is 156 Å². The predicted molar refractivity (Wildman–Crippen MR) is 95.9 cm³/mol. The molecule has 0 aliphatic rings. The number of carbonyl (C=O) groups excluding carboxylic acids is 2. The van der Waals surface area contributed by atoms with Crippen molar-refractivity contribution in [2.75, 3.05) is 5.75 Å². The van der Waals surface area contributed by atoms with E-state index in [1.165, 1.54) is 24.3 Å². The van der Waals surface area contributed by atoms with Gasteiger partial charge in [-0.15, -0.1) is 11.8 Å². The summed E-state index contributed by atoms with van der Waals surface area (Å²) >= 11 is 12.6. The van der Waals surface area contributed by atoms with Crippen LogP contribution in [-0.2, 0) is 4.79 Å². The summed E-state index contributed by atoms with van der Waals surface area (Å²) in [7, 11) is 0. The lowest BCUT2D eigenvalue weighted by Gasteiger charge is -2.08. The number of hydrogen-bond donors (Lipinski definition) is 2. The molecule has 25 heavy (non-hydrogen) atoms. The molecule has 2 amide bonds. The van der Waals surface area contributed by atoms with E-state index in [2.05, 4.69) is 10.9 Å². The Morgan fingerprint density at radius 1 is 1.08 bits per heavy atom. The molecule has 0 atom stereocenters. The van der Waals surface area contributed by atoms with Gasteiger partial charge in [-0.05, 0) is 24.3 Å². The molecule has 0 fully saturated rings. The van der Waals surface area contributed by atoms with Crippen LogP contribution in [0.2, 0.25) is 10.0 Å². The van der Waals surface area contributed by atoms with Crippen LogP contribution >= 0.6 is 35.0 Å². The van der Waals surface area contributed by atoms with Crippen LogP contribution < -0.4 is 10.9 Å². The first-order chi connectivity index (χ1) is 11.9. The first-order valence-electron chi connectivity index (χ1n) is 6.79. The van der Waals surface area contributed by atoms with Crippen molar-refractivity contribution >= 4 is 52.5 Å². The molecule has 2 aromatic rings. The van der Waals surface area contributed by atoms with E-state index in [9.17, 15) is 19.7 Å². The molecule has 0 bridgehead atoms. The Morgan fingerprint density at radius 2 is 1.80 bits per heavy atom. The van der Waals surface area contributed by atoms with E-state index in [0.29, 0.717) is 9.92 Å². The first-order valence-corrected chi connectivity index (χ1v) is 8.53. The summed E-state index contributed by atoms with van der Waals surface area (Å²) in [6, 6.07) is 10.4. The van der Waals surface area contributed by atoms with Crippen molar-refractivity contribution < 1.29 is 14.5 Å². The fourth-order valence-corrected chi connectivity index (χ4v) is 2.87. The third-order valence-corrected chi connectivity index (χ3v) is 4.72. The number of thioether (sulfide) groups is 1. The molecule has 0 radical (unpaired) electrons. The maximum atomic E-state index is 11.9. The van der Waals surface area contributed by atoms with Gasteiger partial charge in [0, 0.05) is 11.6 Å². The average molecular weight is 400 g/mol. The number of nitro groups is 1. The Kier molecular flexibility index (Phi) is 6.63. The molecule has 0 aliphatic heterocycles. The fourth-order valence-electron chi connectivity index (χ4n) is 1.75. The number of carbonyl (C=O) groups is 2. The molecule has 0 saturated heterocycles. The van der Waals surface area contributed by atoms with Gasteiger partial charge in [0.2, 0.25) is 5.91 Å². The lowest BCUT2D eigenvalue weighted by Crippen LogP contribution is -2.42. The minimum Gasteiger partial charge on any atom is -0.272 e. The zero-order chi connectivity index (χ0) is 18.4. The molecule has 0 spiro atoms. The van der Waals surface area contributed by atoms with Crippen LogP contribution in [0.4, 0.5) is 5.69 Å². The fraction of sp³-hybridized carbons (Fsp3) is 0.0667. The van der Waals surface area contributed by atoms with E-state index in [0.717, 1.165) is 11.8 Å². The number of nitrogens with one attached hydrogen (secondary N) is 2. The molecule has 2 N–H and O–H groups in total. The number of rotatable bonds is 5. The number of benzene rings is 2. The van der Waals surface area contributed by atoms with Crippen LogP contribution in [-0.4, -0.2) is 22.5 Å². The van der Waals surface area contributed by atoms with E-state index in [4.69, 9.17) is 23.2 Å². The smallest absolute Gasteiger partial charge is 0.272 e. The molecule has 0 saturated carbocycles. The van der Waals surface area contributed by atoms with E-state index in [-0.39, 0.29) is 22.0 Å². The number of hydrogen-bond acceptors (Lipinski definition) is 5. The van der Waals surface area contributed by atoms with Crippen molar-refractivity contribution in [2.24, 2.45) is 0 Å². The highest BCUT2D eigenvalue weighted by atomic mass is 35.5. The number of nitrogens with zero attached hydrogens (tertiary/aromatic N) is 1. The molecule has 7 nitrogen and oxygen atoms in total. The van der Waals surface area contributed by atoms with E-state index in [1.54, 1.807) is 18.2 Å². The summed E-state index contributed by atoms with van der Waals surface area (Å²) in [4.78, 5) is 34.4. The van der Waals surface area contributed by atoms with Gasteiger partial charge in [-0.3, -0.25) is 30.6 Å². The van der Waals surface area contributed by atoms with Crippen LogP contribution in [0.25, 0.3) is 0 Å². The summed E-state index contributed by atoms with van der Waals surface area (Å²) < 4.78 is 0. The summed E-state index contributed by atoms with van der Waals surface area (Å²) in [5.41, 5.74) is 4.60. The Hall–Kier alpha value is -2.29. The minimum atomic E-state index is -0.567. The highest BCUT2D eigenvalue weighted by Gasteiger charge is 2.15. The van der Waals surface area contributed by atoms with Gasteiger partial charge in [-0.25, -0.2) is 0 Å². The number of halogens is 2. The average Bonchev–Trinajstić information content (AvgIpc) is 2.60. The van der Waals surface area contributed by atoms with Gasteiger partial charge in [0.1, 0.15) is 0 Å². The lowest BCUT2D eigenvalue weighted by molar-refractivity contribution is -0.387. The van der Waals surface area contributed by atoms with Gasteiger partial charge in [-0.2, -0.15) is 0 Å². The molecular weight excluding hydrogens is 389 g/mol. The van der Waals surface area contributed by atoms with Crippen LogP contribution in [0.3, 0.4) is 0 Å². The number of para-hydroxylation sites is 1. The molecule has 2 aromatic carbocycles. The van der Waals surface area contributed by atoms with Crippen LogP contribution in [0, 0.1) is 10.1 Å². The van der Waals surface area contributed by atoms with Crippen LogP contribution in [0.15, 0.2) is 47.4 Å². The van der Waals surface area contributed by atoms with Crippen LogP contribution in [0.1, 0.15) is 10.4 Å². The maximum absolute atomic E-state index is 11.9.